The van der Waals surface area contributed by atoms with E-state index in [1.807, 2.05) is 0 Å². The van der Waals surface area contributed by atoms with Crippen molar-refractivity contribution >= 4 is 17.2 Å². The van der Waals surface area contributed by atoms with Crippen LogP contribution in [-0.4, -0.2) is 23.9 Å². The maximum atomic E-state index is 12.8. The Hall–Kier alpha value is -0.360. The Bertz CT molecular complexity index is 410. The first-order valence-electron chi connectivity index (χ1n) is 6.98. The van der Waals surface area contributed by atoms with Gasteiger partial charge in [-0.3, -0.25) is 0 Å². The number of fused-ring (bicyclic) bond motifs is 2. The molecule has 0 aromatic heterocycles. The minimum absolute atomic E-state index is 0.0516. The van der Waals surface area contributed by atoms with E-state index in [0.29, 0.717) is 5.92 Å². The summed E-state index contributed by atoms with van der Waals surface area (Å²) in [5.74, 6) is -1.31. The number of halogens is 3. The second kappa shape index (κ2) is 4.83. The summed E-state index contributed by atoms with van der Waals surface area (Å²) in [4.78, 5) is -0.537. The molecule has 0 aromatic rings. The molecule has 2 rings (SSSR count). The van der Waals surface area contributed by atoms with Gasteiger partial charge in [0.15, 0.2) is 0 Å². The van der Waals surface area contributed by atoms with Crippen molar-refractivity contribution in [3.8, 4) is 0 Å². The van der Waals surface area contributed by atoms with E-state index >= 15 is 0 Å². The SMILES string of the molecule is CC1(C)C2CCC1(C)C(OCC(C(N)=S)C(F)(F)F)C2. The Morgan fingerprint density at radius 1 is 1.40 bits per heavy atom. The van der Waals surface area contributed by atoms with Crippen molar-refractivity contribution in [3.63, 3.8) is 0 Å². The normalized spacial score (nSPS) is 37.1. The molecule has 0 aromatic carbocycles. The molecule has 2 aliphatic carbocycles. The molecule has 2 fully saturated rings. The number of nitrogens with two attached hydrogens (primary N) is 1. The summed E-state index contributed by atoms with van der Waals surface area (Å²) < 4.78 is 44.1. The molecule has 116 valence electrons. The third kappa shape index (κ3) is 2.34. The van der Waals surface area contributed by atoms with Crippen LogP contribution in [0.5, 0.6) is 0 Å². The molecular formula is C14H22F3NOS. The summed E-state index contributed by atoms with van der Waals surface area (Å²) in [6, 6.07) is 0. The van der Waals surface area contributed by atoms with Crippen molar-refractivity contribution in [3.05, 3.63) is 0 Å². The number of hydrogen-bond acceptors (Lipinski definition) is 2. The van der Waals surface area contributed by atoms with Crippen LogP contribution in [0, 0.1) is 22.7 Å². The summed E-state index contributed by atoms with van der Waals surface area (Å²) in [6.07, 6.45) is -1.57. The highest BCUT2D eigenvalue weighted by Gasteiger charge is 2.62. The van der Waals surface area contributed by atoms with Crippen LogP contribution < -0.4 is 5.73 Å². The predicted octanol–water partition coefficient (Wildman–Crippen LogP) is 3.68. The molecule has 20 heavy (non-hydrogen) atoms. The van der Waals surface area contributed by atoms with E-state index in [9.17, 15) is 13.2 Å². The molecule has 2 bridgehead atoms. The van der Waals surface area contributed by atoms with Crippen LogP contribution in [0.2, 0.25) is 0 Å². The Morgan fingerprint density at radius 2 is 2.00 bits per heavy atom. The van der Waals surface area contributed by atoms with Crippen LogP contribution in [0.25, 0.3) is 0 Å². The van der Waals surface area contributed by atoms with Gasteiger partial charge in [0.2, 0.25) is 0 Å². The lowest BCUT2D eigenvalue weighted by molar-refractivity contribution is -0.177. The fourth-order valence-corrected chi connectivity index (χ4v) is 4.13. The molecule has 2 N–H and O–H groups in total. The fraction of sp³-hybridized carbons (Fsp3) is 0.929. The maximum Gasteiger partial charge on any atom is 0.400 e. The first-order chi connectivity index (χ1) is 9.00. The summed E-state index contributed by atoms with van der Waals surface area (Å²) in [5, 5.41) is 0. The average Bonchev–Trinajstić information content (AvgIpc) is 2.59. The molecule has 0 radical (unpaired) electrons. The van der Waals surface area contributed by atoms with E-state index in [1.54, 1.807) is 0 Å². The molecule has 6 heteroatoms. The van der Waals surface area contributed by atoms with E-state index in [2.05, 4.69) is 33.0 Å². The van der Waals surface area contributed by atoms with Crippen LogP contribution in [-0.2, 0) is 4.74 Å². The number of thiocarbonyl (C=S) groups is 1. The quantitative estimate of drug-likeness (QED) is 0.805. The van der Waals surface area contributed by atoms with Crippen molar-refractivity contribution in [2.75, 3.05) is 6.61 Å². The Kier molecular flexibility index (Phi) is 3.87. The van der Waals surface area contributed by atoms with Crippen molar-refractivity contribution in [2.24, 2.45) is 28.4 Å². The average molecular weight is 309 g/mol. The smallest absolute Gasteiger partial charge is 0.393 e. The van der Waals surface area contributed by atoms with Crippen LogP contribution in [0.15, 0.2) is 0 Å². The summed E-state index contributed by atoms with van der Waals surface area (Å²) in [6.45, 7) is 6.07. The van der Waals surface area contributed by atoms with E-state index < -0.39 is 23.7 Å². The molecule has 2 nitrogen and oxygen atoms in total. The Balaban J connectivity index is 2.04. The van der Waals surface area contributed by atoms with Crippen molar-refractivity contribution < 1.29 is 17.9 Å². The highest BCUT2D eigenvalue weighted by Crippen LogP contribution is 2.66. The highest BCUT2D eigenvalue weighted by atomic mass is 32.1. The molecular weight excluding hydrogens is 287 g/mol. The molecule has 0 heterocycles. The Morgan fingerprint density at radius 3 is 2.35 bits per heavy atom. The zero-order chi connectivity index (χ0) is 15.3. The molecule has 0 aliphatic heterocycles. The van der Waals surface area contributed by atoms with Crippen molar-refractivity contribution in [1.82, 2.24) is 0 Å². The van der Waals surface area contributed by atoms with Crippen LogP contribution in [0.4, 0.5) is 13.2 Å². The second-order valence-corrected chi connectivity index (χ2v) is 7.40. The maximum absolute atomic E-state index is 12.8. The van der Waals surface area contributed by atoms with Gasteiger partial charge in [-0.25, -0.2) is 0 Å². The third-order valence-electron chi connectivity index (χ3n) is 5.92. The largest absolute Gasteiger partial charge is 0.400 e. The highest BCUT2D eigenvalue weighted by molar-refractivity contribution is 7.80. The molecule has 4 atom stereocenters. The minimum atomic E-state index is -4.43. The predicted molar refractivity (Wildman–Crippen MR) is 75.3 cm³/mol. The number of ether oxygens (including phenoxy) is 1. The van der Waals surface area contributed by atoms with Crippen LogP contribution >= 0.6 is 12.2 Å². The van der Waals surface area contributed by atoms with Crippen molar-refractivity contribution in [2.45, 2.75) is 52.3 Å². The van der Waals surface area contributed by atoms with Crippen LogP contribution in [0.1, 0.15) is 40.0 Å². The van der Waals surface area contributed by atoms with Gasteiger partial charge in [-0.1, -0.05) is 33.0 Å². The lowest BCUT2D eigenvalue weighted by atomic mass is 9.70. The van der Waals surface area contributed by atoms with Gasteiger partial charge in [-0.2, -0.15) is 13.2 Å². The van der Waals surface area contributed by atoms with Gasteiger partial charge in [0.25, 0.3) is 0 Å². The zero-order valence-corrected chi connectivity index (χ0v) is 12.9. The number of hydrogen-bond donors (Lipinski definition) is 1. The molecule has 0 saturated heterocycles. The van der Waals surface area contributed by atoms with Gasteiger partial charge in [0.1, 0.15) is 5.92 Å². The second-order valence-electron chi connectivity index (χ2n) is 6.93. The first-order valence-corrected chi connectivity index (χ1v) is 7.38. The fourth-order valence-electron chi connectivity index (χ4n) is 3.93. The molecule has 2 aliphatic rings. The van der Waals surface area contributed by atoms with E-state index in [-0.39, 0.29) is 16.9 Å². The Labute approximate surface area is 123 Å². The lowest BCUT2D eigenvalue weighted by Crippen LogP contribution is -2.42. The van der Waals surface area contributed by atoms with E-state index in [0.717, 1.165) is 19.3 Å². The van der Waals surface area contributed by atoms with Gasteiger partial charge in [-0.15, -0.1) is 0 Å². The van der Waals surface area contributed by atoms with E-state index in [4.69, 9.17) is 10.5 Å². The topological polar surface area (TPSA) is 35.2 Å². The monoisotopic (exact) mass is 309 g/mol. The summed E-state index contributed by atoms with van der Waals surface area (Å²) >= 11 is 4.52. The number of rotatable bonds is 4. The first kappa shape index (κ1) is 16.0. The molecule has 0 spiro atoms. The van der Waals surface area contributed by atoms with Gasteiger partial charge in [0, 0.05) is 0 Å². The molecule has 2 saturated carbocycles. The van der Waals surface area contributed by atoms with Gasteiger partial charge >= 0.3 is 6.18 Å². The lowest BCUT2D eigenvalue weighted by Gasteiger charge is -2.39. The van der Waals surface area contributed by atoms with Gasteiger partial charge in [0.05, 0.1) is 17.7 Å². The minimum Gasteiger partial charge on any atom is -0.393 e. The summed E-state index contributed by atoms with van der Waals surface area (Å²) in [5.41, 5.74) is 5.27. The third-order valence-corrected chi connectivity index (χ3v) is 6.20. The van der Waals surface area contributed by atoms with Gasteiger partial charge < -0.3 is 10.5 Å². The molecule has 4 unspecified atom stereocenters. The molecule has 0 amide bonds. The summed E-state index contributed by atoms with van der Waals surface area (Å²) in [7, 11) is 0. The van der Waals surface area contributed by atoms with E-state index in [1.165, 1.54) is 0 Å². The standard InChI is InChI=1S/C14H22F3NOS/c1-12(2)8-4-5-13(12,3)10(6-8)19-7-9(11(18)20)14(15,16)17/h8-10H,4-7H2,1-3H3,(H2,18,20). The number of alkyl halides is 3. The van der Waals surface area contributed by atoms with Crippen LogP contribution in [0.3, 0.4) is 0 Å². The van der Waals surface area contributed by atoms with Crippen molar-refractivity contribution in [1.29, 1.82) is 0 Å². The van der Waals surface area contributed by atoms with Gasteiger partial charge in [-0.05, 0) is 36.0 Å². The zero-order valence-electron chi connectivity index (χ0n) is 12.1.